The molecular formula is C24H22N2O3. The van der Waals surface area contributed by atoms with Crippen LogP contribution in [0.2, 0.25) is 0 Å². The van der Waals surface area contributed by atoms with Crippen molar-refractivity contribution in [2.24, 2.45) is 0 Å². The van der Waals surface area contributed by atoms with E-state index in [2.05, 4.69) is 10.6 Å². The Balaban J connectivity index is 1.65. The molecule has 0 amide bonds. The molecule has 146 valence electrons. The van der Waals surface area contributed by atoms with Crippen LogP contribution in [-0.2, 0) is 4.79 Å². The Morgan fingerprint density at radius 1 is 0.966 bits per heavy atom. The second-order valence-corrected chi connectivity index (χ2v) is 7.43. The zero-order valence-electron chi connectivity index (χ0n) is 16.1. The zero-order valence-corrected chi connectivity index (χ0v) is 16.1. The average molecular weight is 386 g/mol. The SMILES string of the molecule is COc1ccccc1[C@@H]1Nc2ccccc2NC2=C1C(=O)C[C@@H](c1ccco1)C2. The Labute approximate surface area is 169 Å². The maximum Gasteiger partial charge on any atom is 0.163 e. The molecule has 5 nitrogen and oxygen atoms in total. The predicted molar refractivity (Wildman–Crippen MR) is 112 cm³/mol. The van der Waals surface area contributed by atoms with Gasteiger partial charge in [0.15, 0.2) is 5.78 Å². The maximum absolute atomic E-state index is 13.4. The summed E-state index contributed by atoms with van der Waals surface area (Å²) < 4.78 is 11.2. The molecule has 0 bridgehead atoms. The Bertz CT molecular complexity index is 1090. The standard InChI is InChI=1S/C24H22N2O3/c1-28-22-10-5-2-7-16(22)24-23-19(25-17-8-3-4-9-18(17)26-24)13-15(14-20(23)27)21-11-6-12-29-21/h2-12,15,24-26H,13-14H2,1H3/t15-,24-/m0/s1. The number of nitrogens with one attached hydrogen (secondary N) is 2. The molecular weight excluding hydrogens is 364 g/mol. The van der Waals surface area contributed by atoms with E-state index in [-0.39, 0.29) is 17.7 Å². The quantitative estimate of drug-likeness (QED) is 0.642. The first-order valence-electron chi connectivity index (χ1n) is 9.79. The van der Waals surface area contributed by atoms with Gasteiger partial charge in [-0.1, -0.05) is 30.3 Å². The lowest BCUT2D eigenvalue weighted by Gasteiger charge is -2.29. The van der Waals surface area contributed by atoms with Crippen molar-refractivity contribution in [1.29, 1.82) is 0 Å². The van der Waals surface area contributed by atoms with E-state index in [0.29, 0.717) is 6.42 Å². The Kier molecular flexibility index (Phi) is 4.35. The maximum atomic E-state index is 13.4. The number of ketones is 1. The van der Waals surface area contributed by atoms with E-state index < -0.39 is 0 Å². The van der Waals surface area contributed by atoms with Gasteiger partial charge in [-0.3, -0.25) is 4.79 Å². The summed E-state index contributed by atoms with van der Waals surface area (Å²) in [6.45, 7) is 0. The molecule has 0 spiro atoms. The van der Waals surface area contributed by atoms with Gasteiger partial charge in [-0.15, -0.1) is 0 Å². The van der Waals surface area contributed by atoms with Gasteiger partial charge in [0.2, 0.25) is 0 Å². The molecule has 2 N–H and O–H groups in total. The minimum absolute atomic E-state index is 0.0346. The molecule has 5 heteroatoms. The second kappa shape index (κ2) is 7.17. The number of anilines is 2. The van der Waals surface area contributed by atoms with Crippen molar-refractivity contribution in [1.82, 2.24) is 0 Å². The summed E-state index contributed by atoms with van der Waals surface area (Å²) >= 11 is 0. The van der Waals surface area contributed by atoms with Crippen molar-refractivity contribution < 1.29 is 13.9 Å². The van der Waals surface area contributed by atoms with Crippen molar-refractivity contribution in [3.63, 3.8) is 0 Å². The number of para-hydroxylation sites is 3. The Hall–Kier alpha value is -3.47. The van der Waals surface area contributed by atoms with E-state index in [4.69, 9.17) is 9.15 Å². The summed E-state index contributed by atoms with van der Waals surface area (Å²) in [5.74, 6) is 1.77. The fourth-order valence-corrected chi connectivity index (χ4v) is 4.36. The topological polar surface area (TPSA) is 63.5 Å². The zero-order chi connectivity index (χ0) is 19.8. The Morgan fingerprint density at radius 3 is 2.55 bits per heavy atom. The monoisotopic (exact) mass is 386 g/mol. The number of hydrogen-bond acceptors (Lipinski definition) is 5. The van der Waals surface area contributed by atoms with E-state index in [1.807, 2.05) is 60.7 Å². The summed E-state index contributed by atoms with van der Waals surface area (Å²) in [6, 6.07) is 19.4. The van der Waals surface area contributed by atoms with Gasteiger partial charge in [-0.05, 0) is 36.8 Å². The number of benzene rings is 2. The van der Waals surface area contributed by atoms with Crippen LogP contribution in [0.25, 0.3) is 0 Å². The number of rotatable bonds is 3. The highest BCUT2D eigenvalue weighted by Gasteiger charge is 2.37. The van der Waals surface area contributed by atoms with Crippen LogP contribution in [0.1, 0.15) is 36.1 Å². The normalized spacial score (nSPS) is 20.8. The van der Waals surface area contributed by atoms with Crippen molar-refractivity contribution in [2.75, 3.05) is 17.7 Å². The van der Waals surface area contributed by atoms with Gasteiger partial charge < -0.3 is 19.8 Å². The van der Waals surface area contributed by atoms with Gasteiger partial charge in [0.05, 0.1) is 30.8 Å². The summed E-state index contributed by atoms with van der Waals surface area (Å²) in [5.41, 5.74) is 4.58. The van der Waals surface area contributed by atoms with E-state index in [1.165, 1.54) is 0 Å². The smallest absolute Gasteiger partial charge is 0.163 e. The van der Waals surface area contributed by atoms with E-state index >= 15 is 0 Å². The first-order valence-corrected chi connectivity index (χ1v) is 9.79. The van der Waals surface area contributed by atoms with Crippen LogP contribution in [0.5, 0.6) is 5.75 Å². The molecule has 0 saturated carbocycles. The number of hydrogen-bond donors (Lipinski definition) is 2. The molecule has 1 aromatic heterocycles. The van der Waals surface area contributed by atoms with Gasteiger partial charge in [0, 0.05) is 29.2 Å². The van der Waals surface area contributed by atoms with Crippen LogP contribution in [0, 0.1) is 0 Å². The molecule has 0 unspecified atom stereocenters. The van der Waals surface area contributed by atoms with Gasteiger partial charge in [0.25, 0.3) is 0 Å². The fourth-order valence-electron chi connectivity index (χ4n) is 4.36. The van der Waals surface area contributed by atoms with Crippen LogP contribution in [0.3, 0.4) is 0 Å². The fraction of sp³-hybridized carbons (Fsp3) is 0.208. The number of ether oxygens (including phenoxy) is 1. The molecule has 2 aromatic carbocycles. The summed E-state index contributed by atoms with van der Waals surface area (Å²) in [7, 11) is 1.66. The summed E-state index contributed by atoms with van der Waals surface area (Å²) in [4.78, 5) is 13.4. The second-order valence-electron chi connectivity index (χ2n) is 7.43. The third-order valence-electron chi connectivity index (χ3n) is 5.70. The van der Waals surface area contributed by atoms with Crippen molar-refractivity contribution in [2.45, 2.75) is 24.8 Å². The lowest BCUT2D eigenvalue weighted by molar-refractivity contribution is -0.116. The minimum Gasteiger partial charge on any atom is -0.496 e. The molecule has 0 fully saturated rings. The van der Waals surface area contributed by atoms with Gasteiger partial charge in [0.1, 0.15) is 11.5 Å². The molecule has 0 saturated heterocycles. The highest BCUT2D eigenvalue weighted by Crippen LogP contribution is 2.45. The van der Waals surface area contributed by atoms with E-state index in [0.717, 1.165) is 46.1 Å². The van der Waals surface area contributed by atoms with Gasteiger partial charge >= 0.3 is 0 Å². The Morgan fingerprint density at radius 2 is 1.76 bits per heavy atom. The molecule has 1 aliphatic heterocycles. The van der Waals surface area contributed by atoms with Gasteiger partial charge in [-0.25, -0.2) is 0 Å². The number of allylic oxidation sites excluding steroid dienone is 1. The number of furan rings is 1. The predicted octanol–water partition coefficient (Wildman–Crippen LogP) is 5.27. The van der Waals surface area contributed by atoms with Crippen LogP contribution in [-0.4, -0.2) is 12.9 Å². The van der Waals surface area contributed by atoms with E-state index in [9.17, 15) is 4.79 Å². The van der Waals surface area contributed by atoms with Crippen LogP contribution < -0.4 is 15.4 Å². The van der Waals surface area contributed by atoms with Crippen LogP contribution >= 0.6 is 0 Å². The van der Waals surface area contributed by atoms with Crippen LogP contribution in [0.4, 0.5) is 11.4 Å². The van der Waals surface area contributed by atoms with Crippen LogP contribution in [0.15, 0.2) is 82.6 Å². The number of fused-ring (bicyclic) bond motifs is 1. The molecule has 2 heterocycles. The first kappa shape index (κ1) is 17.6. The number of methoxy groups -OCH3 is 1. The largest absolute Gasteiger partial charge is 0.496 e. The molecule has 5 rings (SSSR count). The number of Topliss-reactive ketones (excluding diaryl/α,β-unsaturated/α-hetero) is 1. The highest BCUT2D eigenvalue weighted by molar-refractivity contribution is 6.01. The van der Waals surface area contributed by atoms with Crippen molar-refractivity contribution >= 4 is 17.2 Å². The lowest BCUT2D eigenvalue weighted by Crippen LogP contribution is -2.27. The molecule has 0 radical (unpaired) electrons. The first-order chi connectivity index (χ1) is 14.2. The average Bonchev–Trinajstić information content (AvgIpc) is 3.23. The van der Waals surface area contributed by atoms with Crippen molar-refractivity contribution in [3.05, 3.63) is 89.5 Å². The van der Waals surface area contributed by atoms with Gasteiger partial charge in [-0.2, -0.15) is 0 Å². The lowest BCUT2D eigenvalue weighted by atomic mass is 9.80. The van der Waals surface area contributed by atoms with Crippen molar-refractivity contribution in [3.8, 4) is 5.75 Å². The molecule has 1 aliphatic carbocycles. The summed E-state index contributed by atoms with van der Waals surface area (Å²) in [5, 5.41) is 7.12. The number of carbonyl (C=O) groups excluding carboxylic acids is 1. The third-order valence-corrected chi connectivity index (χ3v) is 5.70. The third kappa shape index (κ3) is 3.09. The molecule has 2 atom stereocenters. The minimum atomic E-state index is -0.289. The molecule has 29 heavy (non-hydrogen) atoms. The van der Waals surface area contributed by atoms with E-state index in [1.54, 1.807) is 13.4 Å². The summed E-state index contributed by atoms with van der Waals surface area (Å²) in [6.07, 6.45) is 2.81. The number of carbonyl (C=O) groups is 1. The molecule has 2 aliphatic rings. The molecule has 3 aromatic rings. The highest BCUT2D eigenvalue weighted by atomic mass is 16.5.